The summed E-state index contributed by atoms with van der Waals surface area (Å²) in [6.07, 6.45) is 0. The number of fused-ring (bicyclic) bond motifs is 5. The average molecular weight is 762 g/mol. The van der Waals surface area contributed by atoms with Crippen molar-refractivity contribution < 1.29 is 28.7 Å². The van der Waals surface area contributed by atoms with Crippen LogP contribution >= 0.6 is 81.2 Å². The number of ether oxygens (including phenoxy) is 1. The number of esters is 1. The van der Waals surface area contributed by atoms with E-state index in [4.69, 9.17) is 85.9 Å². The molecule has 2 bridgehead atoms. The number of rotatable bonds is 7. The fourth-order valence-electron chi connectivity index (χ4n) is 5.90. The van der Waals surface area contributed by atoms with Crippen molar-refractivity contribution in [3.05, 3.63) is 111 Å². The lowest BCUT2D eigenvalue weighted by Gasteiger charge is -2.36. The van der Waals surface area contributed by atoms with Crippen LogP contribution < -0.4 is 4.74 Å². The van der Waals surface area contributed by atoms with Crippen LogP contribution in [0.25, 0.3) is 0 Å². The molecule has 1 saturated carbocycles. The van der Waals surface area contributed by atoms with Crippen molar-refractivity contribution in [3.63, 3.8) is 0 Å². The number of hydrazine groups is 1. The van der Waals surface area contributed by atoms with E-state index in [2.05, 4.69) is 0 Å². The summed E-state index contributed by atoms with van der Waals surface area (Å²) in [6, 6.07) is 19.6. The number of ketones is 1. The number of carbonyl (C=O) groups is 5. The van der Waals surface area contributed by atoms with Gasteiger partial charge in [0.15, 0.2) is 10.1 Å². The molecule has 0 unspecified atom stereocenters. The molecule has 4 atom stereocenters. The van der Waals surface area contributed by atoms with E-state index in [1.165, 1.54) is 42.5 Å². The Morgan fingerprint density at radius 2 is 1.24 bits per heavy atom. The molecule has 3 aliphatic rings. The van der Waals surface area contributed by atoms with E-state index in [1.807, 2.05) is 0 Å². The molecule has 3 amide bonds. The van der Waals surface area contributed by atoms with Crippen LogP contribution in [0.15, 0.2) is 88.9 Å². The summed E-state index contributed by atoms with van der Waals surface area (Å²) in [5, 5.41) is 0.513. The normalized spacial score (nSPS) is 25.9. The van der Waals surface area contributed by atoms with E-state index < -0.39 is 61.9 Å². The smallest absolute Gasteiger partial charge is 0.343 e. The van der Waals surface area contributed by atoms with Crippen molar-refractivity contribution in [2.45, 2.75) is 14.1 Å². The minimum absolute atomic E-state index is 0.00944. The van der Waals surface area contributed by atoms with E-state index in [0.717, 1.165) is 0 Å². The topological polar surface area (TPSA) is 101 Å². The zero-order valence-corrected chi connectivity index (χ0v) is 28.1. The standard InChI is InChI=1S/C31H17Cl7N2O6/c32-19-9-5-4-8-18(19)25(42)39(14-20(41)15-10-12-17(13-11-15)46-28(45)16-6-2-1-3-7-16)40-26(43)21-22(27(40)44)30(36)24(34)23(33)29(21,35)31(30,37)38/h1-13,21-22H,14H2/t21-,22-,29-,30-/m1/s1. The van der Waals surface area contributed by atoms with Gasteiger partial charge >= 0.3 is 5.97 Å². The third kappa shape index (κ3) is 4.60. The largest absolute Gasteiger partial charge is 0.423 e. The number of imide groups is 1. The summed E-state index contributed by atoms with van der Waals surface area (Å²) in [5.41, 5.74) is 0.275. The average Bonchev–Trinajstić information content (AvgIpc) is 3.43. The van der Waals surface area contributed by atoms with Crippen molar-refractivity contribution in [2.24, 2.45) is 11.8 Å². The maximum Gasteiger partial charge on any atom is 0.343 e. The number of halogens is 7. The first kappa shape index (κ1) is 33.1. The van der Waals surface area contributed by atoms with Gasteiger partial charge in [0.05, 0.1) is 38.0 Å². The predicted molar refractivity (Wildman–Crippen MR) is 174 cm³/mol. The molecule has 236 valence electrons. The minimum Gasteiger partial charge on any atom is -0.423 e. The maximum atomic E-state index is 14.1. The second-order valence-corrected chi connectivity index (χ2v) is 14.3. The van der Waals surface area contributed by atoms with Gasteiger partial charge < -0.3 is 4.74 Å². The lowest BCUT2D eigenvalue weighted by atomic mass is 9.84. The Bertz CT molecular complexity index is 1820. The molecule has 0 spiro atoms. The highest BCUT2D eigenvalue weighted by Crippen LogP contribution is 2.77. The highest BCUT2D eigenvalue weighted by molar-refractivity contribution is 6.66. The molecule has 1 aliphatic heterocycles. The van der Waals surface area contributed by atoms with Gasteiger partial charge in [0.2, 0.25) is 0 Å². The first-order valence-electron chi connectivity index (χ1n) is 13.3. The Kier molecular flexibility index (Phi) is 8.42. The van der Waals surface area contributed by atoms with Crippen molar-refractivity contribution in [1.82, 2.24) is 10.0 Å². The van der Waals surface area contributed by atoms with Gasteiger partial charge in [0.1, 0.15) is 22.0 Å². The highest BCUT2D eigenvalue weighted by atomic mass is 35.5. The van der Waals surface area contributed by atoms with E-state index in [1.54, 1.807) is 36.4 Å². The second kappa shape index (κ2) is 11.7. The number of benzene rings is 3. The number of Topliss-reactive ketones (excluding diaryl/α,β-unsaturated/α-hetero) is 1. The summed E-state index contributed by atoms with van der Waals surface area (Å²) in [6.45, 7) is -0.809. The van der Waals surface area contributed by atoms with Crippen molar-refractivity contribution in [2.75, 3.05) is 6.54 Å². The zero-order chi connectivity index (χ0) is 33.3. The van der Waals surface area contributed by atoms with Crippen molar-refractivity contribution >= 4 is 111 Å². The summed E-state index contributed by atoms with van der Waals surface area (Å²) >= 11 is 45.9. The monoisotopic (exact) mass is 758 g/mol. The van der Waals surface area contributed by atoms with Gasteiger partial charge in [0.25, 0.3) is 17.7 Å². The lowest BCUT2D eigenvalue weighted by molar-refractivity contribution is -0.154. The van der Waals surface area contributed by atoms with E-state index in [-0.39, 0.29) is 32.0 Å². The van der Waals surface area contributed by atoms with E-state index in [0.29, 0.717) is 15.6 Å². The van der Waals surface area contributed by atoms with Gasteiger partial charge in [0, 0.05) is 5.56 Å². The SMILES string of the molecule is O=C(CN(C(=O)c1ccccc1Cl)N1C(=O)[C@H]2[C@H](C1=O)[C@@]1(Cl)C(Cl)=C(Cl)[C@@]2(Cl)C1(Cl)Cl)c1ccc(OC(=O)c2ccccc2)cc1. The van der Waals surface area contributed by atoms with Crippen LogP contribution in [-0.4, -0.2) is 60.1 Å². The molecule has 0 aromatic heterocycles. The lowest BCUT2D eigenvalue weighted by Crippen LogP contribution is -2.56. The summed E-state index contributed by atoms with van der Waals surface area (Å²) in [4.78, 5) is 63.8. The number of allylic oxidation sites excluding steroid dienone is 2. The van der Waals surface area contributed by atoms with Gasteiger partial charge in [-0.1, -0.05) is 88.3 Å². The Morgan fingerprint density at radius 1 is 0.717 bits per heavy atom. The molecule has 8 nitrogen and oxygen atoms in total. The number of amides is 3. The number of carbonyl (C=O) groups excluding carboxylic acids is 5. The first-order chi connectivity index (χ1) is 21.7. The van der Waals surface area contributed by atoms with Crippen LogP contribution in [0.5, 0.6) is 5.75 Å². The number of hydrogen-bond donors (Lipinski definition) is 0. The maximum absolute atomic E-state index is 14.1. The molecule has 1 heterocycles. The van der Waals surface area contributed by atoms with Gasteiger partial charge in [-0.15, -0.1) is 23.2 Å². The third-order valence-corrected chi connectivity index (χ3v) is 12.7. The molecule has 46 heavy (non-hydrogen) atoms. The minimum atomic E-state index is -2.19. The molecule has 3 aromatic carbocycles. The molecular formula is C31H17Cl7N2O6. The fourth-order valence-corrected chi connectivity index (χ4v) is 9.05. The number of nitrogens with zero attached hydrogens (tertiary/aromatic N) is 2. The quantitative estimate of drug-likeness (QED) is 0.0828. The number of alkyl halides is 4. The van der Waals surface area contributed by atoms with Gasteiger partial charge in [-0.25, -0.2) is 9.80 Å². The van der Waals surface area contributed by atoms with Crippen LogP contribution in [0.1, 0.15) is 31.1 Å². The summed E-state index contributed by atoms with van der Waals surface area (Å²) in [7, 11) is 0. The molecule has 15 heteroatoms. The van der Waals surface area contributed by atoms with Crippen molar-refractivity contribution in [3.8, 4) is 5.75 Å². The Hall–Kier alpha value is -2.82. The Morgan fingerprint density at radius 3 is 1.78 bits per heavy atom. The van der Waals surface area contributed by atoms with Crippen LogP contribution in [0.4, 0.5) is 0 Å². The summed E-state index contributed by atoms with van der Waals surface area (Å²) < 4.78 is 3.17. The molecule has 2 fully saturated rings. The van der Waals surface area contributed by atoms with Gasteiger partial charge in [-0.2, -0.15) is 5.01 Å². The summed E-state index contributed by atoms with van der Waals surface area (Å²) in [5.74, 6) is -7.26. The highest BCUT2D eigenvalue weighted by Gasteiger charge is 2.88. The van der Waals surface area contributed by atoms with Crippen LogP contribution in [-0.2, 0) is 9.59 Å². The van der Waals surface area contributed by atoms with E-state index >= 15 is 0 Å². The second-order valence-electron chi connectivity index (χ2n) is 10.6. The molecule has 6 rings (SSSR count). The van der Waals surface area contributed by atoms with Crippen molar-refractivity contribution in [1.29, 1.82) is 0 Å². The van der Waals surface area contributed by atoms with Gasteiger partial charge in [-0.05, 0) is 48.5 Å². The van der Waals surface area contributed by atoms with Crippen LogP contribution in [0.2, 0.25) is 5.02 Å². The zero-order valence-electron chi connectivity index (χ0n) is 22.9. The Labute approximate surface area is 296 Å². The fraction of sp³-hybridized carbons (Fsp3) is 0.194. The molecule has 3 aromatic rings. The molecule has 0 N–H and O–H groups in total. The van der Waals surface area contributed by atoms with Gasteiger partial charge in [-0.3, -0.25) is 19.2 Å². The van der Waals surface area contributed by atoms with Crippen LogP contribution in [0, 0.1) is 11.8 Å². The van der Waals surface area contributed by atoms with E-state index in [9.17, 15) is 24.0 Å². The molecule has 1 saturated heterocycles. The Balaban J connectivity index is 1.33. The molecule has 2 aliphatic carbocycles. The van der Waals surface area contributed by atoms with Crippen LogP contribution in [0.3, 0.4) is 0 Å². The number of hydrogen-bond acceptors (Lipinski definition) is 6. The first-order valence-corrected chi connectivity index (χ1v) is 16.0. The molecule has 0 radical (unpaired) electrons. The molecular weight excluding hydrogens is 745 g/mol. The predicted octanol–water partition coefficient (Wildman–Crippen LogP) is 7.25. The third-order valence-electron chi connectivity index (χ3n) is 8.16.